The van der Waals surface area contributed by atoms with Crippen molar-refractivity contribution in [3.05, 3.63) is 66.0 Å². The topological polar surface area (TPSA) is 43.3 Å². The van der Waals surface area contributed by atoms with Crippen molar-refractivity contribution >= 4 is 22.3 Å². The highest BCUT2D eigenvalue weighted by Gasteiger charge is 2.02. The van der Waals surface area contributed by atoms with Crippen molar-refractivity contribution in [3.63, 3.8) is 0 Å². The first kappa shape index (κ1) is 11.2. The van der Waals surface area contributed by atoms with Crippen molar-refractivity contribution in [2.75, 3.05) is 5.73 Å². The molecule has 90 valence electrons. The van der Waals surface area contributed by atoms with Gasteiger partial charge in [-0.3, -0.25) is 0 Å². The maximum atomic E-state index is 6.94. The Bertz CT molecular complexity index is 783. The summed E-state index contributed by atoms with van der Waals surface area (Å²) in [6.45, 7) is 6.94. The lowest BCUT2D eigenvalue weighted by molar-refractivity contribution is 1.40. The maximum Gasteiger partial charge on any atom is 0.187 e. The summed E-state index contributed by atoms with van der Waals surface area (Å²) in [7, 11) is 0. The van der Waals surface area contributed by atoms with E-state index in [0.717, 1.165) is 27.8 Å². The van der Waals surface area contributed by atoms with E-state index in [1.54, 1.807) is 12.1 Å². The molecule has 19 heavy (non-hydrogen) atoms. The first-order valence-electron chi connectivity index (χ1n) is 5.90. The number of anilines is 1. The van der Waals surface area contributed by atoms with Crippen LogP contribution in [0.25, 0.3) is 27.0 Å². The second-order valence-corrected chi connectivity index (χ2v) is 4.31. The van der Waals surface area contributed by atoms with E-state index in [1.165, 1.54) is 0 Å². The molecule has 2 aromatic carbocycles. The molecule has 1 aromatic heterocycles. The molecule has 0 radical (unpaired) electrons. The molecule has 0 aliphatic rings. The van der Waals surface area contributed by atoms with Crippen LogP contribution >= 0.6 is 0 Å². The van der Waals surface area contributed by atoms with Crippen molar-refractivity contribution in [2.24, 2.45) is 0 Å². The van der Waals surface area contributed by atoms with Crippen molar-refractivity contribution in [1.29, 1.82) is 0 Å². The van der Waals surface area contributed by atoms with Gasteiger partial charge < -0.3 is 5.73 Å². The molecule has 0 aliphatic carbocycles. The first-order chi connectivity index (χ1) is 9.26. The Labute approximate surface area is 111 Å². The summed E-state index contributed by atoms with van der Waals surface area (Å²) >= 11 is 0. The molecule has 0 spiro atoms. The average molecular weight is 245 g/mol. The largest absolute Gasteiger partial charge is 0.399 e. The highest BCUT2D eigenvalue weighted by atomic mass is 14.7. The molecule has 3 aromatic rings. The van der Waals surface area contributed by atoms with Crippen LogP contribution in [0.2, 0.25) is 0 Å². The van der Waals surface area contributed by atoms with Gasteiger partial charge in [-0.25, -0.2) is 9.83 Å². The zero-order valence-corrected chi connectivity index (χ0v) is 10.2. The normalized spacial score (nSPS) is 10.3. The molecule has 0 saturated heterocycles. The Hall–Kier alpha value is -2.86. The highest BCUT2D eigenvalue weighted by molar-refractivity contribution is 5.84. The maximum absolute atomic E-state index is 6.94. The zero-order valence-electron chi connectivity index (χ0n) is 10.2. The molecule has 0 saturated carbocycles. The second-order valence-electron chi connectivity index (χ2n) is 4.31. The van der Waals surface area contributed by atoms with E-state index >= 15 is 0 Å². The van der Waals surface area contributed by atoms with Crippen molar-refractivity contribution in [1.82, 2.24) is 4.98 Å². The minimum Gasteiger partial charge on any atom is -0.399 e. The Morgan fingerprint density at radius 1 is 0.947 bits per heavy atom. The van der Waals surface area contributed by atoms with Gasteiger partial charge in [-0.05, 0) is 29.8 Å². The van der Waals surface area contributed by atoms with E-state index in [1.807, 2.05) is 42.5 Å². The van der Waals surface area contributed by atoms with E-state index in [4.69, 9.17) is 12.3 Å². The van der Waals surface area contributed by atoms with E-state index in [2.05, 4.69) is 9.83 Å². The van der Waals surface area contributed by atoms with E-state index < -0.39 is 0 Å². The summed E-state index contributed by atoms with van der Waals surface area (Å²) < 4.78 is 0. The van der Waals surface area contributed by atoms with Gasteiger partial charge in [0.2, 0.25) is 0 Å². The first-order valence-corrected chi connectivity index (χ1v) is 5.90. The number of rotatable bonds is 1. The van der Waals surface area contributed by atoms with Gasteiger partial charge in [-0.2, -0.15) is 0 Å². The van der Waals surface area contributed by atoms with Gasteiger partial charge in [0.1, 0.15) is 0 Å². The van der Waals surface area contributed by atoms with Crippen LogP contribution in [-0.2, 0) is 0 Å². The zero-order chi connectivity index (χ0) is 13.2. The van der Waals surface area contributed by atoms with Gasteiger partial charge >= 0.3 is 0 Å². The lowest BCUT2D eigenvalue weighted by atomic mass is 10.1. The molecule has 0 amide bonds. The Morgan fingerprint density at radius 2 is 1.74 bits per heavy atom. The molecule has 2 N–H and O–H groups in total. The summed E-state index contributed by atoms with van der Waals surface area (Å²) in [5.74, 6) is 0. The average Bonchev–Trinajstić information content (AvgIpc) is 2.47. The molecule has 0 aliphatic heterocycles. The van der Waals surface area contributed by atoms with Crippen LogP contribution in [-0.4, -0.2) is 4.98 Å². The van der Waals surface area contributed by atoms with Crippen LogP contribution in [0.5, 0.6) is 0 Å². The highest BCUT2D eigenvalue weighted by Crippen LogP contribution is 2.24. The number of pyridine rings is 1. The summed E-state index contributed by atoms with van der Waals surface area (Å²) in [5.41, 5.74) is 9.95. The van der Waals surface area contributed by atoms with E-state index in [9.17, 15) is 0 Å². The van der Waals surface area contributed by atoms with Gasteiger partial charge in [0, 0.05) is 11.1 Å². The number of hydrogen-bond donors (Lipinski definition) is 1. The summed E-state index contributed by atoms with van der Waals surface area (Å²) in [6.07, 6.45) is 0. The second kappa shape index (κ2) is 4.43. The minimum absolute atomic E-state index is 0.636. The van der Waals surface area contributed by atoms with Crippen LogP contribution in [0.4, 0.5) is 11.4 Å². The Kier molecular flexibility index (Phi) is 2.62. The Morgan fingerprint density at radius 3 is 2.47 bits per heavy atom. The summed E-state index contributed by atoms with van der Waals surface area (Å²) in [5, 5.41) is 1.03. The number of nitrogen functional groups attached to an aromatic ring is 1. The molecule has 3 heteroatoms. The molecule has 0 bridgehead atoms. The van der Waals surface area contributed by atoms with Crippen LogP contribution in [0, 0.1) is 6.57 Å². The lowest BCUT2D eigenvalue weighted by Gasteiger charge is -2.04. The molecule has 0 unspecified atom stereocenters. The van der Waals surface area contributed by atoms with E-state index in [-0.39, 0.29) is 0 Å². The number of benzene rings is 2. The SMILES string of the molecule is [C-]#[N+]c1ccc(-c2ccc3cc(N)ccc3n2)cc1. The molecular weight excluding hydrogens is 234 g/mol. The lowest BCUT2D eigenvalue weighted by Crippen LogP contribution is -1.88. The van der Waals surface area contributed by atoms with Gasteiger partial charge in [0.15, 0.2) is 5.69 Å². The number of fused-ring (bicyclic) bond motifs is 1. The van der Waals surface area contributed by atoms with Crippen molar-refractivity contribution in [2.45, 2.75) is 0 Å². The smallest absolute Gasteiger partial charge is 0.187 e. The quantitative estimate of drug-likeness (QED) is 0.519. The number of hydrogen-bond acceptors (Lipinski definition) is 2. The minimum atomic E-state index is 0.636. The van der Waals surface area contributed by atoms with Crippen LogP contribution in [0.1, 0.15) is 0 Å². The monoisotopic (exact) mass is 245 g/mol. The Balaban J connectivity index is 2.09. The molecular formula is C16H11N3. The van der Waals surface area contributed by atoms with Gasteiger partial charge in [-0.1, -0.05) is 30.3 Å². The fourth-order valence-electron chi connectivity index (χ4n) is 2.01. The van der Waals surface area contributed by atoms with E-state index in [0.29, 0.717) is 5.69 Å². The third-order valence-corrected chi connectivity index (χ3v) is 3.01. The van der Waals surface area contributed by atoms with Crippen molar-refractivity contribution < 1.29 is 0 Å². The van der Waals surface area contributed by atoms with Crippen molar-refractivity contribution in [3.8, 4) is 11.3 Å². The third kappa shape index (κ3) is 2.12. The van der Waals surface area contributed by atoms with Crippen LogP contribution < -0.4 is 5.73 Å². The molecule has 0 fully saturated rings. The van der Waals surface area contributed by atoms with Gasteiger partial charge in [0.25, 0.3) is 0 Å². The predicted molar refractivity (Wildman–Crippen MR) is 77.9 cm³/mol. The van der Waals surface area contributed by atoms with Crippen LogP contribution in [0.15, 0.2) is 54.6 Å². The molecule has 3 rings (SSSR count). The molecule has 1 heterocycles. The van der Waals surface area contributed by atoms with Gasteiger partial charge in [0.05, 0.1) is 17.8 Å². The standard InChI is InChI=1S/C16H11N3/c1-18-14-6-2-11(3-7-14)15-8-4-12-10-13(17)5-9-16(12)19-15/h2-10H,17H2. The molecule has 3 nitrogen and oxygen atoms in total. The third-order valence-electron chi connectivity index (χ3n) is 3.01. The van der Waals surface area contributed by atoms with Gasteiger partial charge in [-0.15, -0.1) is 0 Å². The number of nitrogens with zero attached hydrogens (tertiary/aromatic N) is 2. The summed E-state index contributed by atoms with van der Waals surface area (Å²) in [6, 6.07) is 17.1. The fourth-order valence-corrected chi connectivity index (χ4v) is 2.01. The summed E-state index contributed by atoms with van der Waals surface area (Å²) in [4.78, 5) is 7.99. The number of aromatic nitrogens is 1. The predicted octanol–water partition coefficient (Wildman–Crippen LogP) is 4.03. The number of nitrogens with two attached hydrogens (primary N) is 1. The van der Waals surface area contributed by atoms with Crippen LogP contribution in [0.3, 0.4) is 0 Å². The molecule has 0 atom stereocenters. The fraction of sp³-hybridized carbons (Fsp3) is 0.